The molecule has 0 amide bonds. The molecular weight excluding hydrogens is 258 g/mol. The number of nitrogens with two attached hydrogens (primary N) is 1. The van der Waals surface area contributed by atoms with Gasteiger partial charge in [0.05, 0.1) is 0 Å². The average Bonchev–Trinajstić information content (AvgIpc) is 2.42. The highest BCUT2D eigenvalue weighted by Crippen LogP contribution is 2.25. The number of nitrogens with zero attached hydrogens (tertiary/aromatic N) is 1. The number of likely N-dealkylation sites (N-methyl/N-ethyl adjacent to an activating group) is 1. The molecule has 0 fully saturated rings. The van der Waals surface area contributed by atoms with Gasteiger partial charge in [-0.1, -0.05) is 26.8 Å². The fourth-order valence-corrected chi connectivity index (χ4v) is 2.81. The van der Waals surface area contributed by atoms with Crippen LogP contribution in [0.5, 0.6) is 0 Å². The average molecular weight is 284 g/mol. The van der Waals surface area contributed by atoms with Gasteiger partial charge in [0, 0.05) is 17.6 Å². The van der Waals surface area contributed by atoms with Gasteiger partial charge < -0.3 is 5.73 Å². The quantitative estimate of drug-likeness (QED) is 0.832. The number of benzene rings is 1. The van der Waals surface area contributed by atoms with Crippen LogP contribution in [0.2, 0.25) is 0 Å². The third kappa shape index (κ3) is 3.55. The first-order chi connectivity index (χ1) is 9.38. The number of halogens is 2. The highest BCUT2D eigenvalue weighted by atomic mass is 19.1. The fourth-order valence-electron chi connectivity index (χ4n) is 2.81. The van der Waals surface area contributed by atoms with Gasteiger partial charge in [0.2, 0.25) is 0 Å². The Bertz CT molecular complexity index is 432. The molecule has 1 rings (SSSR count). The first-order valence-electron chi connectivity index (χ1n) is 7.33. The van der Waals surface area contributed by atoms with Crippen LogP contribution in [-0.2, 0) is 6.42 Å². The molecule has 2 atom stereocenters. The molecule has 1 aromatic rings. The highest BCUT2D eigenvalue weighted by molar-refractivity contribution is 5.20. The summed E-state index contributed by atoms with van der Waals surface area (Å²) in [5, 5.41) is 0. The van der Waals surface area contributed by atoms with Gasteiger partial charge in [0.15, 0.2) is 0 Å². The normalized spacial score (nSPS) is 16.2. The van der Waals surface area contributed by atoms with Crippen molar-refractivity contribution in [1.29, 1.82) is 0 Å². The molecular formula is C16H26F2N2. The third-order valence-corrected chi connectivity index (χ3v) is 4.46. The van der Waals surface area contributed by atoms with Gasteiger partial charge in [-0.3, -0.25) is 4.90 Å². The van der Waals surface area contributed by atoms with Crippen LogP contribution >= 0.6 is 0 Å². The lowest BCUT2D eigenvalue weighted by molar-refractivity contribution is 0.0842. The summed E-state index contributed by atoms with van der Waals surface area (Å²) in [5.74, 6) is -1.07. The monoisotopic (exact) mass is 284 g/mol. The van der Waals surface area contributed by atoms with Crippen molar-refractivity contribution in [3.63, 3.8) is 0 Å². The van der Waals surface area contributed by atoms with Crippen LogP contribution < -0.4 is 5.73 Å². The minimum Gasteiger partial charge on any atom is -0.326 e. The summed E-state index contributed by atoms with van der Waals surface area (Å²) in [5.41, 5.74) is 6.64. The molecule has 114 valence electrons. The van der Waals surface area contributed by atoms with Crippen molar-refractivity contribution < 1.29 is 8.78 Å². The van der Waals surface area contributed by atoms with Crippen LogP contribution in [0.1, 0.15) is 39.7 Å². The summed E-state index contributed by atoms with van der Waals surface area (Å²) in [6.07, 6.45) is 1.30. The van der Waals surface area contributed by atoms with E-state index in [2.05, 4.69) is 32.6 Å². The number of hydrogen-bond donors (Lipinski definition) is 1. The summed E-state index contributed by atoms with van der Waals surface area (Å²) < 4.78 is 26.7. The highest BCUT2D eigenvalue weighted by Gasteiger charge is 2.34. The van der Waals surface area contributed by atoms with Crippen LogP contribution in [0, 0.1) is 11.6 Å². The molecule has 0 saturated heterocycles. The Labute approximate surface area is 121 Å². The minimum atomic E-state index is -0.554. The summed E-state index contributed by atoms with van der Waals surface area (Å²) in [6, 6.07) is 3.49. The van der Waals surface area contributed by atoms with Crippen molar-refractivity contribution in [3.05, 3.63) is 35.4 Å². The topological polar surface area (TPSA) is 29.3 Å². The number of hydrogen-bond acceptors (Lipinski definition) is 2. The van der Waals surface area contributed by atoms with Crippen LogP contribution in [0.25, 0.3) is 0 Å². The number of rotatable bonds is 7. The molecule has 0 aromatic heterocycles. The van der Waals surface area contributed by atoms with Gasteiger partial charge in [0.25, 0.3) is 0 Å². The maximum absolute atomic E-state index is 13.8. The van der Waals surface area contributed by atoms with E-state index in [-0.39, 0.29) is 11.6 Å². The summed E-state index contributed by atoms with van der Waals surface area (Å²) in [7, 11) is 0. The molecule has 0 aliphatic heterocycles. The summed E-state index contributed by atoms with van der Waals surface area (Å²) in [4.78, 5) is 2.30. The Hall–Kier alpha value is -1.00. The Kier molecular flexibility index (Phi) is 6.08. The van der Waals surface area contributed by atoms with Crippen LogP contribution in [0.3, 0.4) is 0 Å². The van der Waals surface area contributed by atoms with Gasteiger partial charge >= 0.3 is 0 Å². The van der Waals surface area contributed by atoms with Crippen LogP contribution in [0.4, 0.5) is 8.78 Å². The molecule has 0 spiro atoms. The van der Waals surface area contributed by atoms with Crippen molar-refractivity contribution in [1.82, 2.24) is 4.90 Å². The first-order valence-corrected chi connectivity index (χ1v) is 7.33. The Morgan fingerprint density at radius 3 is 2.25 bits per heavy atom. The molecule has 0 bridgehead atoms. The van der Waals surface area contributed by atoms with E-state index in [1.165, 1.54) is 12.1 Å². The molecule has 0 aliphatic carbocycles. The van der Waals surface area contributed by atoms with E-state index >= 15 is 0 Å². The second-order valence-electron chi connectivity index (χ2n) is 5.43. The fraction of sp³-hybridized carbons (Fsp3) is 0.625. The molecule has 2 unspecified atom stereocenters. The largest absolute Gasteiger partial charge is 0.326 e. The standard InChI is InChI=1S/C16H26F2N2/c1-5-16(4,20(6-2)7-3)15(19)10-12-8-9-13(17)11-14(12)18/h8-9,11,15H,5-7,10,19H2,1-4H3. The van der Waals surface area contributed by atoms with Gasteiger partial charge in [-0.2, -0.15) is 0 Å². The van der Waals surface area contributed by atoms with E-state index in [9.17, 15) is 8.78 Å². The molecule has 0 saturated carbocycles. The molecule has 2 N–H and O–H groups in total. The maximum atomic E-state index is 13.8. The lowest BCUT2D eigenvalue weighted by Crippen LogP contribution is -2.58. The second-order valence-corrected chi connectivity index (χ2v) is 5.43. The molecule has 2 nitrogen and oxygen atoms in total. The van der Waals surface area contributed by atoms with E-state index in [0.717, 1.165) is 25.6 Å². The zero-order chi connectivity index (χ0) is 15.3. The predicted octanol–water partition coefficient (Wildman–Crippen LogP) is 3.35. The SMILES string of the molecule is CCN(CC)C(C)(CC)C(N)Cc1ccc(F)cc1F. The van der Waals surface area contributed by atoms with Crippen molar-refractivity contribution in [2.45, 2.75) is 52.1 Å². The van der Waals surface area contributed by atoms with Gasteiger partial charge in [-0.15, -0.1) is 0 Å². The van der Waals surface area contributed by atoms with E-state index in [1.807, 2.05) is 0 Å². The molecule has 0 heterocycles. The Balaban J connectivity index is 2.94. The van der Waals surface area contributed by atoms with Crippen molar-refractivity contribution in [2.75, 3.05) is 13.1 Å². The van der Waals surface area contributed by atoms with E-state index in [0.29, 0.717) is 12.0 Å². The lowest BCUT2D eigenvalue weighted by Gasteiger charge is -2.44. The third-order valence-electron chi connectivity index (χ3n) is 4.46. The second kappa shape index (κ2) is 7.14. The van der Waals surface area contributed by atoms with E-state index < -0.39 is 11.6 Å². The maximum Gasteiger partial charge on any atom is 0.129 e. The smallest absolute Gasteiger partial charge is 0.129 e. The molecule has 4 heteroatoms. The van der Waals surface area contributed by atoms with E-state index in [1.54, 1.807) is 0 Å². The van der Waals surface area contributed by atoms with E-state index in [4.69, 9.17) is 5.73 Å². The van der Waals surface area contributed by atoms with Gasteiger partial charge in [0.1, 0.15) is 11.6 Å². The lowest BCUT2D eigenvalue weighted by atomic mass is 9.84. The molecule has 20 heavy (non-hydrogen) atoms. The Morgan fingerprint density at radius 2 is 1.80 bits per heavy atom. The zero-order valence-electron chi connectivity index (χ0n) is 12.9. The molecule has 0 aliphatic rings. The van der Waals surface area contributed by atoms with Crippen LogP contribution in [-0.4, -0.2) is 29.6 Å². The zero-order valence-corrected chi connectivity index (χ0v) is 12.9. The van der Waals surface area contributed by atoms with Gasteiger partial charge in [-0.25, -0.2) is 8.78 Å². The summed E-state index contributed by atoms with van der Waals surface area (Å²) in [6.45, 7) is 10.2. The molecule has 0 radical (unpaired) electrons. The van der Waals surface area contributed by atoms with Crippen molar-refractivity contribution in [2.24, 2.45) is 5.73 Å². The van der Waals surface area contributed by atoms with Crippen molar-refractivity contribution >= 4 is 0 Å². The predicted molar refractivity (Wildman–Crippen MR) is 79.7 cm³/mol. The van der Waals surface area contributed by atoms with Gasteiger partial charge in [-0.05, 0) is 44.5 Å². The summed E-state index contributed by atoms with van der Waals surface area (Å²) >= 11 is 0. The van der Waals surface area contributed by atoms with Crippen molar-refractivity contribution in [3.8, 4) is 0 Å². The first kappa shape index (κ1) is 17.1. The Morgan fingerprint density at radius 1 is 1.20 bits per heavy atom. The minimum absolute atomic E-state index is 0.190. The molecule has 1 aromatic carbocycles. The van der Waals surface area contributed by atoms with Crippen LogP contribution in [0.15, 0.2) is 18.2 Å².